The number of halogens is 3. The van der Waals surface area contributed by atoms with Crippen molar-refractivity contribution in [3.05, 3.63) is 35.5 Å². The van der Waals surface area contributed by atoms with E-state index in [9.17, 15) is 22.8 Å². The molecule has 0 bridgehead atoms. The average Bonchev–Trinajstić information content (AvgIpc) is 2.67. The number of amidine groups is 1. The molecular weight excluding hydrogens is 299 g/mol. The first-order valence-corrected chi connectivity index (χ1v) is 6.22. The number of amides is 2. The molecule has 0 aromatic heterocycles. The van der Waals surface area contributed by atoms with Crippen LogP contribution in [0.4, 0.5) is 18.9 Å². The fraction of sp³-hybridized carbons (Fsp3) is 0.214. The molecule has 0 spiro atoms. The van der Waals surface area contributed by atoms with Crippen LogP contribution in [-0.4, -0.2) is 35.8 Å². The minimum absolute atomic E-state index is 0.0486. The fourth-order valence-corrected chi connectivity index (χ4v) is 1.79. The number of nitrogens with one attached hydrogen (secondary N) is 1. The molecule has 1 aromatic carbocycles. The third-order valence-corrected chi connectivity index (χ3v) is 3.05. The standard InChI is InChI=1S/C14H12F3N3O2/c1-8-18-11(12(21)20(8)2)7-9-5-3-4-6-10(9)19-13(22)14(15,16)17/h3-7H,1-2H3,(H,19,22)/b11-7-. The summed E-state index contributed by atoms with van der Waals surface area (Å²) in [4.78, 5) is 28.3. The zero-order valence-electron chi connectivity index (χ0n) is 11.7. The summed E-state index contributed by atoms with van der Waals surface area (Å²) in [5.74, 6) is -1.96. The first-order valence-electron chi connectivity index (χ1n) is 6.22. The minimum atomic E-state index is -4.99. The van der Waals surface area contributed by atoms with E-state index in [0.717, 1.165) is 0 Å². The average molecular weight is 311 g/mol. The molecule has 1 aromatic rings. The zero-order chi connectivity index (χ0) is 16.5. The first-order chi connectivity index (χ1) is 10.2. The maximum absolute atomic E-state index is 12.3. The molecule has 1 aliphatic rings. The number of carbonyl (C=O) groups excluding carboxylic acids is 2. The lowest BCUT2D eigenvalue weighted by Crippen LogP contribution is -2.30. The lowest BCUT2D eigenvalue weighted by Gasteiger charge is -2.10. The van der Waals surface area contributed by atoms with Gasteiger partial charge in [0.05, 0.1) is 0 Å². The quantitative estimate of drug-likeness (QED) is 0.853. The van der Waals surface area contributed by atoms with Gasteiger partial charge in [-0.15, -0.1) is 0 Å². The second kappa shape index (κ2) is 5.63. The molecule has 116 valence electrons. The maximum atomic E-state index is 12.3. The summed E-state index contributed by atoms with van der Waals surface area (Å²) >= 11 is 0. The molecule has 0 unspecified atom stereocenters. The molecule has 0 radical (unpaired) electrons. The highest BCUT2D eigenvalue weighted by Gasteiger charge is 2.38. The van der Waals surface area contributed by atoms with Gasteiger partial charge in [0.2, 0.25) is 0 Å². The molecule has 0 saturated carbocycles. The molecule has 2 rings (SSSR count). The van der Waals surface area contributed by atoms with Gasteiger partial charge in [0.25, 0.3) is 5.91 Å². The highest BCUT2D eigenvalue weighted by atomic mass is 19.4. The van der Waals surface area contributed by atoms with E-state index in [4.69, 9.17) is 0 Å². The van der Waals surface area contributed by atoms with Crippen LogP contribution in [0.15, 0.2) is 35.0 Å². The normalized spacial score (nSPS) is 17.0. The Balaban J connectivity index is 2.34. The maximum Gasteiger partial charge on any atom is 0.471 e. The second-order valence-electron chi connectivity index (χ2n) is 4.59. The van der Waals surface area contributed by atoms with Crippen molar-refractivity contribution < 1.29 is 22.8 Å². The van der Waals surface area contributed by atoms with Gasteiger partial charge >= 0.3 is 12.1 Å². The number of hydrogen-bond acceptors (Lipinski definition) is 3. The number of rotatable bonds is 2. The van der Waals surface area contributed by atoms with E-state index in [1.807, 2.05) is 0 Å². The van der Waals surface area contributed by atoms with Crippen molar-refractivity contribution in [2.24, 2.45) is 4.99 Å². The van der Waals surface area contributed by atoms with Gasteiger partial charge in [0.1, 0.15) is 11.5 Å². The molecule has 0 fully saturated rings. The summed E-state index contributed by atoms with van der Waals surface area (Å²) in [5.41, 5.74) is 0.302. The smallest absolute Gasteiger partial charge is 0.318 e. The Hall–Kier alpha value is -2.64. The van der Waals surface area contributed by atoms with Crippen LogP contribution in [0.5, 0.6) is 0 Å². The zero-order valence-corrected chi connectivity index (χ0v) is 11.7. The van der Waals surface area contributed by atoms with E-state index in [2.05, 4.69) is 4.99 Å². The molecule has 0 aliphatic carbocycles. The van der Waals surface area contributed by atoms with E-state index in [0.29, 0.717) is 5.84 Å². The van der Waals surface area contributed by atoms with Crippen LogP contribution in [0.25, 0.3) is 6.08 Å². The predicted octanol–water partition coefficient (Wildman–Crippen LogP) is 2.42. The lowest BCUT2D eigenvalue weighted by atomic mass is 10.1. The number of aliphatic imine (C=N–C) groups is 1. The molecule has 22 heavy (non-hydrogen) atoms. The van der Waals surface area contributed by atoms with Gasteiger partial charge in [-0.1, -0.05) is 18.2 Å². The summed E-state index contributed by atoms with van der Waals surface area (Å²) in [6.45, 7) is 1.63. The van der Waals surface area contributed by atoms with Crippen LogP contribution in [0.2, 0.25) is 0 Å². The number of alkyl halides is 3. The van der Waals surface area contributed by atoms with Crippen LogP contribution >= 0.6 is 0 Å². The van der Waals surface area contributed by atoms with Crippen LogP contribution in [0.3, 0.4) is 0 Å². The van der Waals surface area contributed by atoms with Gasteiger partial charge in [-0.3, -0.25) is 14.5 Å². The summed E-state index contributed by atoms with van der Waals surface area (Å²) in [7, 11) is 1.54. The molecule has 2 amide bonds. The summed E-state index contributed by atoms with van der Waals surface area (Å²) in [6.07, 6.45) is -3.65. The largest absolute Gasteiger partial charge is 0.471 e. The Morgan fingerprint density at radius 1 is 1.32 bits per heavy atom. The molecule has 5 nitrogen and oxygen atoms in total. The van der Waals surface area contributed by atoms with Gasteiger partial charge in [-0.25, -0.2) is 4.99 Å². The van der Waals surface area contributed by atoms with E-state index in [1.165, 1.54) is 29.2 Å². The monoisotopic (exact) mass is 311 g/mol. The van der Waals surface area contributed by atoms with Crippen molar-refractivity contribution in [1.29, 1.82) is 0 Å². The molecular formula is C14H12F3N3O2. The van der Waals surface area contributed by atoms with Crippen molar-refractivity contribution in [3.8, 4) is 0 Å². The summed E-state index contributed by atoms with van der Waals surface area (Å²) < 4.78 is 37.0. The summed E-state index contributed by atoms with van der Waals surface area (Å²) in [5, 5.41) is 1.78. The van der Waals surface area contributed by atoms with Gasteiger partial charge in [-0.2, -0.15) is 13.2 Å². The Kier molecular flexibility index (Phi) is 4.03. The SMILES string of the molecule is CC1=N/C(=C\c2ccccc2NC(=O)C(F)(F)F)C(=O)N1C. The number of carbonyl (C=O) groups is 2. The number of benzene rings is 1. The minimum Gasteiger partial charge on any atom is -0.318 e. The van der Waals surface area contributed by atoms with Crippen LogP contribution in [0.1, 0.15) is 12.5 Å². The van der Waals surface area contributed by atoms with Gasteiger partial charge in [-0.05, 0) is 19.1 Å². The number of hydrogen-bond donors (Lipinski definition) is 1. The Morgan fingerprint density at radius 3 is 2.50 bits per heavy atom. The number of nitrogens with zero attached hydrogens (tertiary/aromatic N) is 2. The van der Waals surface area contributed by atoms with Crippen molar-refractivity contribution in [2.45, 2.75) is 13.1 Å². The molecule has 1 N–H and O–H groups in total. The first kappa shape index (κ1) is 15.7. The number of para-hydroxylation sites is 1. The molecule has 1 heterocycles. The van der Waals surface area contributed by atoms with Crippen LogP contribution < -0.4 is 5.32 Å². The third-order valence-electron chi connectivity index (χ3n) is 3.05. The van der Waals surface area contributed by atoms with Crippen LogP contribution in [-0.2, 0) is 9.59 Å². The molecule has 8 heteroatoms. The van der Waals surface area contributed by atoms with Crippen molar-refractivity contribution >= 4 is 29.4 Å². The molecule has 0 atom stereocenters. The molecule has 1 aliphatic heterocycles. The van der Waals surface area contributed by atoms with Gasteiger partial charge in [0, 0.05) is 18.3 Å². The Labute approximate surface area is 124 Å². The Morgan fingerprint density at radius 2 is 1.95 bits per heavy atom. The van der Waals surface area contributed by atoms with Crippen molar-refractivity contribution in [1.82, 2.24) is 4.90 Å². The van der Waals surface area contributed by atoms with E-state index in [-0.39, 0.29) is 22.9 Å². The van der Waals surface area contributed by atoms with Crippen LogP contribution in [0, 0.1) is 0 Å². The van der Waals surface area contributed by atoms with E-state index >= 15 is 0 Å². The lowest BCUT2D eigenvalue weighted by molar-refractivity contribution is -0.167. The highest BCUT2D eigenvalue weighted by Crippen LogP contribution is 2.24. The van der Waals surface area contributed by atoms with Gasteiger partial charge < -0.3 is 5.32 Å². The predicted molar refractivity (Wildman–Crippen MR) is 75.0 cm³/mol. The summed E-state index contributed by atoms with van der Waals surface area (Å²) in [6, 6.07) is 5.85. The van der Waals surface area contributed by atoms with E-state index in [1.54, 1.807) is 25.4 Å². The topological polar surface area (TPSA) is 61.8 Å². The number of anilines is 1. The van der Waals surface area contributed by atoms with Crippen molar-refractivity contribution in [2.75, 3.05) is 12.4 Å². The fourth-order valence-electron chi connectivity index (χ4n) is 1.79. The van der Waals surface area contributed by atoms with Crippen molar-refractivity contribution in [3.63, 3.8) is 0 Å². The highest BCUT2D eigenvalue weighted by molar-refractivity contribution is 6.13. The second-order valence-corrected chi connectivity index (χ2v) is 4.59. The third kappa shape index (κ3) is 3.16. The molecule has 0 saturated heterocycles. The number of likely N-dealkylation sites (N-methyl/N-ethyl adjacent to an activating group) is 1. The Bertz CT molecular complexity index is 693. The van der Waals surface area contributed by atoms with Gasteiger partial charge in [0.15, 0.2) is 0 Å². The van der Waals surface area contributed by atoms with E-state index < -0.39 is 12.1 Å².